The number of hydrogen-bond donors (Lipinski definition) is 2. The normalized spacial score (nSPS) is 13.4. The van der Waals surface area contributed by atoms with Crippen molar-refractivity contribution >= 4 is 37.0 Å². The van der Waals surface area contributed by atoms with Crippen molar-refractivity contribution in [2.75, 3.05) is 5.75 Å². The molecule has 0 spiro atoms. The van der Waals surface area contributed by atoms with Crippen molar-refractivity contribution in [1.29, 1.82) is 0 Å². The van der Waals surface area contributed by atoms with E-state index in [0.29, 0.717) is 23.5 Å². The molecule has 0 heterocycles. The van der Waals surface area contributed by atoms with E-state index in [4.69, 9.17) is 0 Å². The smallest absolute Gasteiger partial charge is 0.307 e. The van der Waals surface area contributed by atoms with Crippen molar-refractivity contribution in [3.05, 3.63) is 72.3 Å². The minimum atomic E-state index is -0.938. The van der Waals surface area contributed by atoms with Crippen LogP contribution in [0.5, 0.6) is 5.75 Å². The quantitative estimate of drug-likeness (QED) is 0.352. The van der Waals surface area contributed by atoms with Gasteiger partial charge in [-0.25, -0.2) is 0 Å². The average Bonchev–Trinajstić information content (AvgIpc) is 2.72. The molecule has 0 aliphatic carbocycles. The SMILES string of the molecule is O=PC(CSc1c(O)ccc2ccccc12)C(CCc1ccccc1)C(=O)O. The number of hydrogen-bond acceptors (Lipinski definition) is 4. The molecule has 3 aromatic carbocycles. The first-order chi connectivity index (χ1) is 13.6. The van der Waals surface area contributed by atoms with Crippen LogP contribution in [0.2, 0.25) is 0 Å². The maximum atomic E-state index is 11.8. The maximum Gasteiger partial charge on any atom is 0.307 e. The number of aromatic hydroxyl groups is 1. The average molecular weight is 412 g/mol. The van der Waals surface area contributed by atoms with E-state index in [1.807, 2.05) is 60.7 Å². The predicted molar refractivity (Wildman–Crippen MR) is 114 cm³/mol. The molecule has 4 nitrogen and oxygen atoms in total. The lowest BCUT2D eigenvalue weighted by molar-refractivity contribution is -0.141. The van der Waals surface area contributed by atoms with Crippen LogP contribution in [0.3, 0.4) is 0 Å². The van der Waals surface area contributed by atoms with Gasteiger partial charge in [-0.1, -0.05) is 60.7 Å². The second kappa shape index (κ2) is 9.72. The van der Waals surface area contributed by atoms with E-state index in [0.717, 1.165) is 16.3 Å². The largest absolute Gasteiger partial charge is 0.507 e. The number of phenols is 1. The molecule has 2 unspecified atom stereocenters. The molecule has 0 radical (unpaired) electrons. The summed E-state index contributed by atoms with van der Waals surface area (Å²) < 4.78 is 11.8. The van der Waals surface area contributed by atoms with Crippen LogP contribution >= 0.6 is 20.2 Å². The Morgan fingerprint density at radius 1 is 1.00 bits per heavy atom. The van der Waals surface area contributed by atoms with Gasteiger partial charge >= 0.3 is 5.97 Å². The Morgan fingerprint density at radius 2 is 1.71 bits per heavy atom. The Balaban J connectivity index is 1.74. The maximum absolute atomic E-state index is 11.8. The van der Waals surface area contributed by atoms with Crippen LogP contribution in [-0.4, -0.2) is 27.6 Å². The molecule has 2 atom stereocenters. The van der Waals surface area contributed by atoms with Gasteiger partial charge in [0.2, 0.25) is 0 Å². The van der Waals surface area contributed by atoms with Crippen LogP contribution < -0.4 is 0 Å². The molecule has 0 saturated carbocycles. The molecule has 3 aromatic rings. The van der Waals surface area contributed by atoms with Gasteiger partial charge in [-0.15, -0.1) is 11.8 Å². The van der Waals surface area contributed by atoms with Crippen molar-refractivity contribution in [3.8, 4) is 5.75 Å². The molecule has 0 bridgehead atoms. The third kappa shape index (κ3) is 4.92. The molecule has 0 aliphatic heterocycles. The molecule has 0 saturated heterocycles. The van der Waals surface area contributed by atoms with Gasteiger partial charge in [0.25, 0.3) is 0 Å². The summed E-state index contributed by atoms with van der Waals surface area (Å²) in [5, 5.41) is 21.9. The fraction of sp³-hybridized carbons (Fsp3) is 0.227. The Labute approximate surface area is 169 Å². The Hall–Kier alpha value is -2.36. The topological polar surface area (TPSA) is 74.6 Å². The molecular weight excluding hydrogens is 391 g/mol. The number of rotatable bonds is 9. The number of carbonyl (C=O) groups is 1. The fourth-order valence-corrected chi connectivity index (χ4v) is 5.24. The third-order valence-corrected chi connectivity index (χ3v) is 7.06. The van der Waals surface area contributed by atoms with Gasteiger partial charge in [0.05, 0.1) is 16.5 Å². The molecule has 2 N–H and O–H groups in total. The Kier molecular flexibility index (Phi) is 7.07. The highest BCUT2D eigenvalue weighted by Crippen LogP contribution is 2.38. The van der Waals surface area contributed by atoms with E-state index >= 15 is 0 Å². The molecule has 0 aromatic heterocycles. The lowest BCUT2D eigenvalue weighted by Crippen LogP contribution is -2.26. The second-order valence-corrected chi connectivity index (χ2v) is 8.49. The predicted octanol–water partition coefficient (Wildman–Crippen LogP) is 5.63. The van der Waals surface area contributed by atoms with Gasteiger partial charge in [0, 0.05) is 5.75 Å². The summed E-state index contributed by atoms with van der Waals surface area (Å²) in [4.78, 5) is 12.5. The number of aryl methyl sites for hydroxylation is 1. The number of thioether (sulfide) groups is 1. The van der Waals surface area contributed by atoms with Gasteiger partial charge < -0.3 is 10.2 Å². The van der Waals surface area contributed by atoms with Crippen LogP contribution in [0, 0.1) is 5.92 Å². The number of benzene rings is 3. The fourth-order valence-electron chi connectivity index (χ4n) is 3.22. The summed E-state index contributed by atoms with van der Waals surface area (Å²) in [6.07, 6.45) is 1.04. The highest BCUT2D eigenvalue weighted by molar-refractivity contribution is 7.99. The monoisotopic (exact) mass is 412 g/mol. The van der Waals surface area contributed by atoms with E-state index < -0.39 is 17.5 Å². The van der Waals surface area contributed by atoms with E-state index in [2.05, 4.69) is 0 Å². The number of fused-ring (bicyclic) bond motifs is 1. The van der Waals surface area contributed by atoms with Gasteiger partial charge in [-0.3, -0.25) is 9.36 Å². The highest BCUT2D eigenvalue weighted by atomic mass is 32.2. The number of aliphatic carboxylic acids is 1. The van der Waals surface area contributed by atoms with E-state index in [1.54, 1.807) is 6.07 Å². The van der Waals surface area contributed by atoms with Crippen molar-refractivity contribution < 1.29 is 19.6 Å². The van der Waals surface area contributed by atoms with Crippen LogP contribution in [0.1, 0.15) is 12.0 Å². The lowest BCUT2D eigenvalue weighted by atomic mass is 9.97. The summed E-state index contributed by atoms with van der Waals surface area (Å²) in [7, 11) is -0.190. The summed E-state index contributed by atoms with van der Waals surface area (Å²) in [5.41, 5.74) is 0.527. The molecule has 28 heavy (non-hydrogen) atoms. The van der Waals surface area contributed by atoms with Crippen LogP contribution in [0.15, 0.2) is 71.6 Å². The summed E-state index contributed by atoms with van der Waals surface area (Å²) >= 11 is 1.36. The molecule has 0 fully saturated rings. The minimum absolute atomic E-state index is 0.154. The highest BCUT2D eigenvalue weighted by Gasteiger charge is 2.29. The molecule has 0 amide bonds. The summed E-state index contributed by atoms with van der Waals surface area (Å²) in [6, 6.07) is 20.9. The zero-order valence-corrected chi connectivity index (χ0v) is 16.9. The van der Waals surface area contributed by atoms with Gasteiger partial charge in [0.1, 0.15) is 5.75 Å². The van der Waals surface area contributed by atoms with Crippen molar-refractivity contribution in [1.82, 2.24) is 0 Å². The summed E-state index contributed by atoms with van der Waals surface area (Å²) in [5.74, 6) is -1.16. The van der Waals surface area contributed by atoms with Crippen molar-refractivity contribution in [2.45, 2.75) is 23.4 Å². The van der Waals surface area contributed by atoms with Gasteiger partial charge in [-0.05, 0) is 35.2 Å². The van der Waals surface area contributed by atoms with Crippen LogP contribution in [-0.2, 0) is 15.8 Å². The van der Waals surface area contributed by atoms with E-state index in [-0.39, 0.29) is 14.2 Å². The van der Waals surface area contributed by atoms with Crippen LogP contribution in [0.4, 0.5) is 0 Å². The molecule has 0 aliphatic rings. The third-order valence-electron chi connectivity index (χ3n) is 4.76. The summed E-state index contributed by atoms with van der Waals surface area (Å²) in [6.45, 7) is 0. The first-order valence-corrected chi connectivity index (χ1v) is 10.9. The van der Waals surface area contributed by atoms with Crippen LogP contribution in [0.25, 0.3) is 10.8 Å². The first-order valence-electron chi connectivity index (χ1n) is 9.03. The standard InChI is InChI=1S/C22H21O4PS/c23-19-13-11-16-8-4-5-9-17(16)21(19)28-14-20(27-26)18(22(24)25)12-10-15-6-2-1-3-7-15/h1-9,11,13,18,20,23H,10,12,14H2,(H,24,25). The molecular formula is C22H21O4PS. The number of phenolic OH excluding ortho intramolecular Hbond substituents is 1. The van der Waals surface area contributed by atoms with Crippen molar-refractivity contribution in [2.24, 2.45) is 5.92 Å². The van der Waals surface area contributed by atoms with E-state index in [1.165, 1.54) is 11.8 Å². The van der Waals surface area contributed by atoms with Gasteiger partial charge in [0.15, 0.2) is 8.46 Å². The van der Waals surface area contributed by atoms with Crippen molar-refractivity contribution in [3.63, 3.8) is 0 Å². The minimum Gasteiger partial charge on any atom is -0.507 e. The van der Waals surface area contributed by atoms with E-state index in [9.17, 15) is 19.6 Å². The number of carboxylic acids is 1. The molecule has 3 rings (SSSR count). The number of carboxylic acid groups (broad SMARTS) is 1. The Bertz CT molecular complexity index is 961. The zero-order valence-electron chi connectivity index (χ0n) is 15.2. The molecule has 144 valence electrons. The first kappa shape index (κ1) is 20.4. The second-order valence-electron chi connectivity index (χ2n) is 6.59. The molecule has 6 heteroatoms. The lowest BCUT2D eigenvalue weighted by Gasteiger charge is -2.19. The van der Waals surface area contributed by atoms with Gasteiger partial charge in [-0.2, -0.15) is 0 Å². The zero-order chi connectivity index (χ0) is 19.9. The Morgan fingerprint density at radius 3 is 2.43 bits per heavy atom.